The minimum Gasteiger partial charge on any atom is -0.0842 e. The fraction of sp³-hybridized carbons (Fsp3) is 0.455. The van der Waals surface area contributed by atoms with Crippen LogP contribution >= 0.6 is 0 Å². The summed E-state index contributed by atoms with van der Waals surface area (Å²) >= 11 is 0. The van der Waals surface area contributed by atoms with Gasteiger partial charge in [0.15, 0.2) is 0 Å². The Labute approximate surface area is 68.3 Å². The summed E-state index contributed by atoms with van der Waals surface area (Å²) in [5, 5.41) is 0. The van der Waals surface area contributed by atoms with Gasteiger partial charge in [0.25, 0.3) is 0 Å². The zero-order valence-electron chi connectivity index (χ0n) is 6.79. The topological polar surface area (TPSA) is 0 Å². The van der Waals surface area contributed by atoms with Gasteiger partial charge >= 0.3 is 0 Å². The molecule has 0 aromatic carbocycles. The molecule has 0 atom stereocenters. The predicted octanol–water partition coefficient (Wildman–Crippen LogP) is 3.23. The summed E-state index contributed by atoms with van der Waals surface area (Å²) in [6.07, 6.45) is 16.6. The molecule has 0 saturated heterocycles. The van der Waals surface area contributed by atoms with Gasteiger partial charge in [0.2, 0.25) is 0 Å². The molecule has 0 spiro atoms. The van der Waals surface area contributed by atoms with Crippen LogP contribution in [0.4, 0.5) is 0 Å². The van der Waals surface area contributed by atoms with Gasteiger partial charge in [-0.2, -0.15) is 0 Å². The SMILES string of the molecule is C1=C/C(C2CC2)=C\C=C/CC1. The Morgan fingerprint density at radius 3 is 2.73 bits per heavy atom. The first-order valence-corrected chi connectivity index (χ1v) is 4.50. The van der Waals surface area contributed by atoms with Crippen molar-refractivity contribution in [3.8, 4) is 0 Å². The second-order valence-corrected chi connectivity index (χ2v) is 3.35. The molecule has 2 aliphatic rings. The van der Waals surface area contributed by atoms with Gasteiger partial charge in [0.1, 0.15) is 0 Å². The van der Waals surface area contributed by atoms with Crippen molar-refractivity contribution in [1.82, 2.24) is 0 Å². The van der Waals surface area contributed by atoms with E-state index in [1.165, 1.54) is 25.7 Å². The van der Waals surface area contributed by atoms with Gasteiger partial charge in [-0.25, -0.2) is 0 Å². The second-order valence-electron chi connectivity index (χ2n) is 3.35. The van der Waals surface area contributed by atoms with E-state index in [0.717, 1.165) is 5.92 Å². The summed E-state index contributed by atoms with van der Waals surface area (Å²) < 4.78 is 0. The third-order valence-corrected chi connectivity index (χ3v) is 2.28. The maximum atomic E-state index is 2.31. The van der Waals surface area contributed by atoms with Crippen LogP contribution in [0.15, 0.2) is 36.0 Å². The molecule has 11 heavy (non-hydrogen) atoms. The first-order chi connectivity index (χ1) is 5.47. The molecule has 58 valence electrons. The van der Waals surface area contributed by atoms with Gasteiger partial charge in [-0.3, -0.25) is 0 Å². The van der Waals surface area contributed by atoms with E-state index in [1.54, 1.807) is 5.57 Å². The van der Waals surface area contributed by atoms with Crippen molar-refractivity contribution in [3.63, 3.8) is 0 Å². The third kappa shape index (κ3) is 1.83. The Bertz CT molecular complexity index is 214. The lowest BCUT2D eigenvalue weighted by Gasteiger charge is -1.98. The molecular weight excluding hydrogens is 132 g/mol. The molecule has 0 unspecified atom stereocenters. The van der Waals surface area contributed by atoms with Gasteiger partial charge in [0, 0.05) is 0 Å². The summed E-state index contributed by atoms with van der Waals surface area (Å²) in [7, 11) is 0. The van der Waals surface area contributed by atoms with Gasteiger partial charge in [0.05, 0.1) is 0 Å². The zero-order valence-corrected chi connectivity index (χ0v) is 6.79. The molecule has 0 heterocycles. The van der Waals surface area contributed by atoms with Crippen molar-refractivity contribution in [3.05, 3.63) is 36.0 Å². The smallest absolute Gasteiger partial charge is 0.0162 e. The fourth-order valence-electron chi connectivity index (χ4n) is 1.43. The molecule has 2 rings (SSSR count). The Hall–Kier alpha value is -0.780. The zero-order chi connectivity index (χ0) is 7.52. The van der Waals surface area contributed by atoms with E-state index in [4.69, 9.17) is 0 Å². The molecule has 1 fully saturated rings. The minimum atomic E-state index is 0.897. The first-order valence-electron chi connectivity index (χ1n) is 4.50. The Morgan fingerprint density at radius 2 is 1.91 bits per heavy atom. The maximum Gasteiger partial charge on any atom is -0.0162 e. The van der Waals surface area contributed by atoms with Crippen LogP contribution in [0, 0.1) is 5.92 Å². The summed E-state index contributed by atoms with van der Waals surface area (Å²) in [5.41, 5.74) is 1.54. The summed E-state index contributed by atoms with van der Waals surface area (Å²) in [5.74, 6) is 0.897. The quantitative estimate of drug-likeness (QED) is 0.532. The lowest BCUT2D eigenvalue weighted by atomic mass is 10.1. The number of hydrogen-bond donors (Lipinski definition) is 0. The monoisotopic (exact) mass is 146 g/mol. The normalized spacial score (nSPS) is 31.8. The standard InChI is InChI=1S/C11H14/c1-2-4-6-10(7-5-3-1)11-8-9-11/h2,4-7,11H,1,3,8-9H2/b4-2-,7-5?,10-6+. The van der Waals surface area contributed by atoms with Gasteiger partial charge in [-0.15, -0.1) is 0 Å². The molecule has 2 aliphatic carbocycles. The lowest BCUT2D eigenvalue weighted by Crippen LogP contribution is -1.81. The molecule has 0 radical (unpaired) electrons. The average Bonchev–Trinajstić information content (AvgIpc) is 2.68. The van der Waals surface area contributed by atoms with Crippen molar-refractivity contribution in [1.29, 1.82) is 0 Å². The lowest BCUT2D eigenvalue weighted by molar-refractivity contribution is 1.01. The molecule has 0 bridgehead atoms. The predicted molar refractivity (Wildman–Crippen MR) is 48.3 cm³/mol. The van der Waals surface area contributed by atoms with Crippen LogP contribution in [-0.2, 0) is 0 Å². The van der Waals surface area contributed by atoms with Crippen molar-refractivity contribution in [2.75, 3.05) is 0 Å². The highest BCUT2D eigenvalue weighted by molar-refractivity contribution is 5.30. The van der Waals surface area contributed by atoms with Crippen molar-refractivity contribution in [2.45, 2.75) is 25.7 Å². The van der Waals surface area contributed by atoms with E-state index >= 15 is 0 Å². The Balaban J connectivity index is 2.12. The van der Waals surface area contributed by atoms with Crippen molar-refractivity contribution in [2.24, 2.45) is 5.92 Å². The average molecular weight is 146 g/mol. The molecule has 0 amide bonds. The fourth-order valence-corrected chi connectivity index (χ4v) is 1.43. The highest BCUT2D eigenvalue weighted by Crippen LogP contribution is 2.37. The van der Waals surface area contributed by atoms with Crippen LogP contribution in [0.2, 0.25) is 0 Å². The van der Waals surface area contributed by atoms with Crippen LogP contribution < -0.4 is 0 Å². The van der Waals surface area contributed by atoms with Gasteiger partial charge < -0.3 is 0 Å². The van der Waals surface area contributed by atoms with Crippen LogP contribution in [-0.4, -0.2) is 0 Å². The largest absolute Gasteiger partial charge is 0.0842 e. The van der Waals surface area contributed by atoms with E-state index in [0.29, 0.717) is 0 Å². The van der Waals surface area contributed by atoms with E-state index in [2.05, 4.69) is 30.4 Å². The minimum absolute atomic E-state index is 0.897. The Morgan fingerprint density at radius 1 is 1.09 bits per heavy atom. The van der Waals surface area contributed by atoms with E-state index < -0.39 is 0 Å². The van der Waals surface area contributed by atoms with Crippen LogP contribution in [0.25, 0.3) is 0 Å². The molecular formula is C11H14. The van der Waals surface area contributed by atoms with Crippen LogP contribution in [0.1, 0.15) is 25.7 Å². The van der Waals surface area contributed by atoms with Crippen molar-refractivity contribution >= 4 is 0 Å². The van der Waals surface area contributed by atoms with E-state index in [9.17, 15) is 0 Å². The molecule has 0 heteroatoms. The second kappa shape index (κ2) is 3.08. The Kier molecular flexibility index (Phi) is 1.93. The van der Waals surface area contributed by atoms with E-state index in [1.807, 2.05) is 0 Å². The number of allylic oxidation sites excluding steroid dienone is 6. The molecule has 0 aliphatic heterocycles. The van der Waals surface area contributed by atoms with E-state index in [-0.39, 0.29) is 0 Å². The first kappa shape index (κ1) is 6.90. The summed E-state index contributed by atoms with van der Waals surface area (Å²) in [6, 6.07) is 0. The highest BCUT2D eigenvalue weighted by Gasteiger charge is 2.23. The maximum absolute atomic E-state index is 2.31. The number of hydrogen-bond acceptors (Lipinski definition) is 0. The molecule has 1 saturated carbocycles. The summed E-state index contributed by atoms with van der Waals surface area (Å²) in [6.45, 7) is 0. The molecule has 0 aromatic heterocycles. The number of rotatable bonds is 1. The third-order valence-electron chi connectivity index (χ3n) is 2.28. The highest BCUT2D eigenvalue weighted by atomic mass is 14.3. The summed E-state index contributed by atoms with van der Waals surface area (Å²) in [4.78, 5) is 0. The molecule has 0 aromatic rings. The molecule has 0 N–H and O–H groups in total. The van der Waals surface area contributed by atoms with Crippen LogP contribution in [0.3, 0.4) is 0 Å². The van der Waals surface area contributed by atoms with Crippen molar-refractivity contribution < 1.29 is 0 Å². The molecule has 0 nitrogen and oxygen atoms in total. The van der Waals surface area contributed by atoms with Crippen LogP contribution in [0.5, 0.6) is 0 Å². The van der Waals surface area contributed by atoms with Gasteiger partial charge in [-0.05, 0) is 37.2 Å². The van der Waals surface area contributed by atoms with Gasteiger partial charge in [-0.1, -0.05) is 30.4 Å².